The molecule has 30 heavy (non-hydrogen) atoms. The molecule has 1 aliphatic carbocycles. The van der Waals surface area contributed by atoms with Crippen molar-refractivity contribution >= 4 is 17.5 Å². The van der Waals surface area contributed by atoms with E-state index < -0.39 is 0 Å². The van der Waals surface area contributed by atoms with Crippen LogP contribution < -0.4 is 15.4 Å². The van der Waals surface area contributed by atoms with Gasteiger partial charge < -0.3 is 15.4 Å². The molecule has 2 aromatic rings. The number of amides is 2. The van der Waals surface area contributed by atoms with Crippen molar-refractivity contribution in [1.82, 2.24) is 5.32 Å². The van der Waals surface area contributed by atoms with Gasteiger partial charge in [-0.05, 0) is 94.8 Å². The highest BCUT2D eigenvalue weighted by Crippen LogP contribution is 2.25. The fraction of sp³-hybridized carbons (Fsp3) is 0.440. The second-order valence-electron chi connectivity index (χ2n) is 9.00. The van der Waals surface area contributed by atoms with E-state index in [9.17, 15) is 9.59 Å². The Morgan fingerprint density at radius 3 is 2.40 bits per heavy atom. The fourth-order valence-corrected chi connectivity index (χ4v) is 3.57. The van der Waals surface area contributed by atoms with E-state index in [1.54, 1.807) is 24.3 Å². The summed E-state index contributed by atoms with van der Waals surface area (Å²) in [7, 11) is 0. The van der Waals surface area contributed by atoms with Crippen LogP contribution in [0.1, 0.15) is 68.8 Å². The predicted octanol–water partition coefficient (Wildman–Crippen LogP) is 5.11. The Hall–Kier alpha value is -2.82. The molecule has 0 atom stereocenters. The van der Waals surface area contributed by atoms with Crippen LogP contribution in [0.25, 0.3) is 0 Å². The summed E-state index contributed by atoms with van der Waals surface area (Å²) in [4.78, 5) is 24.5. The summed E-state index contributed by atoms with van der Waals surface area (Å²) in [5.74, 6) is 0.716. The average molecular weight is 409 g/mol. The maximum absolute atomic E-state index is 12.3. The second-order valence-corrected chi connectivity index (χ2v) is 9.00. The molecule has 0 unspecified atom stereocenters. The summed E-state index contributed by atoms with van der Waals surface area (Å²) in [6, 6.07) is 15.0. The molecule has 160 valence electrons. The number of hydrogen-bond acceptors (Lipinski definition) is 3. The van der Waals surface area contributed by atoms with Crippen molar-refractivity contribution in [3.05, 3.63) is 59.7 Å². The largest absolute Gasteiger partial charge is 0.490 e. The van der Waals surface area contributed by atoms with Gasteiger partial charge in [-0.25, -0.2) is 0 Å². The van der Waals surface area contributed by atoms with Crippen molar-refractivity contribution in [2.24, 2.45) is 0 Å². The van der Waals surface area contributed by atoms with Crippen molar-refractivity contribution < 1.29 is 14.3 Å². The maximum atomic E-state index is 12.3. The van der Waals surface area contributed by atoms with Crippen molar-refractivity contribution in [3.63, 3.8) is 0 Å². The second kappa shape index (κ2) is 9.79. The van der Waals surface area contributed by atoms with Gasteiger partial charge in [-0.3, -0.25) is 9.59 Å². The first-order chi connectivity index (χ1) is 14.3. The van der Waals surface area contributed by atoms with Crippen molar-refractivity contribution in [2.75, 3.05) is 5.32 Å². The van der Waals surface area contributed by atoms with Gasteiger partial charge in [0.1, 0.15) is 5.75 Å². The van der Waals surface area contributed by atoms with Gasteiger partial charge in [-0.1, -0.05) is 12.1 Å². The molecule has 0 aromatic heterocycles. The topological polar surface area (TPSA) is 67.4 Å². The van der Waals surface area contributed by atoms with Gasteiger partial charge in [0, 0.05) is 23.2 Å². The number of carbonyl (C=O) groups excluding carboxylic acids is 2. The molecule has 0 aliphatic heterocycles. The molecule has 1 saturated carbocycles. The van der Waals surface area contributed by atoms with Gasteiger partial charge >= 0.3 is 0 Å². The Labute approximate surface area is 179 Å². The molecule has 1 fully saturated rings. The molecule has 2 amide bonds. The first-order valence-electron chi connectivity index (χ1n) is 10.8. The van der Waals surface area contributed by atoms with E-state index in [1.807, 2.05) is 45.0 Å². The van der Waals surface area contributed by atoms with Gasteiger partial charge in [0.05, 0.1) is 6.10 Å². The van der Waals surface area contributed by atoms with Crippen LogP contribution in [0.3, 0.4) is 0 Å². The molecule has 3 rings (SSSR count). The van der Waals surface area contributed by atoms with E-state index in [1.165, 1.54) is 12.8 Å². The first-order valence-corrected chi connectivity index (χ1v) is 10.8. The zero-order valence-electron chi connectivity index (χ0n) is 18.2. The number of anilines is 1. The monoisotopic (exact) mass is 408 g/mol. The van der Waals surface area contributed by atoms with Crippen LogP contribution in [-0.2, 0) is 11.2 Å². The summed E-state index contributed by atoms with van der Waals surface area (Å²) < 4.78 is 6.05. The quantitative estimate of drug-likeness (QED) is 0.669. The minimum Gasteiger partial charge on any atom is -0.490 e. The van der Waals surface area contributed by atoms with E-state index in [0.717, 1.165) is 24.2 Å². The first kappa shape index (κ1) is 21.9. The molecule has 0 saturated heterocycles. The van der Waals surface area contributed by atoms with E-state index in [4.69, 9.17) is 4.74 Å². The minimum absolute atomic E-state index is 0.0518. The smallest absolute Gasteiger partial charge is 0.251 e. The number of rotatable bonds is 7. The van der Waals surface area contributed by atoms with Gasteiger partial charge in [-0.2, -0.15) is 0 Å². The van der Waals surface area contributed by atoms with Crippen LogP contribution in [0.2, 0.25) is 0 Å². The lowest BCUT2D eigenvalue weighted by atomic mass is 10.1. The van der Waals surface area contributed by atoms with Crippen LogP contribution in [-0.4, -0.2) is 23.5 Å². The fourth-order valence-electron chi connectivity index (χ4n) is 3.57. The van der Waals surface area contributed by atoms with Crippen LogP contribution >= 0.6 is 0 Å². The number of aryl methyl sites for hydroxylation is 1. The third-order valence-electron chi connectivity index (χ3n) is 5.06. The molecule has 0 spiro atoms. The number of nitrogens with one attached hydrogen (secondary N) is 2. The van der Waals surface area contributed by atoms with E-state index in [-0.39, 0.29) is 17.4 Å². The number of benzene rings is 2. The van der Waals surface area contributed by atoms with Crippen LogP contribution in [0.5, 0.6) is 5.75 Å². The summed E-state index contributed by atoms with van der Waals surface area (Å²) in [6.07, 6.45) is 6.11. The number of carbonyl (C=O) groups is 2. The zero-order chi connectivity index (χ0) is 21.6. The zero-order valence-corrected chi connectivity index (χ0v) is 18.2. The standard InChI is InChI=1S/C25H32N2O3/c1-25(2,3)27-24(29)19-12-14-20(15-13-19)26-23(28)16-11-18-7-6-10-22(17-18)30-21-8-4-5-9-21/h6-7,10,12-15,17,21H,4-5,8-9,11,16H2,1-3H3,(H,26,28)(H,27,29). The molecule has 0 heterocycles. The lowest BCUT2D eigenvalue weighted by Crippen LogP contribution is -2.40. The molecule has 1 aliphatic rings. The Kier molecular flexibility index (Phi) is 7.14. The van der Waals surface area contributed by atoms with Gasteiger partial charge in [0.15, 0.2) is 0 Å². The highest BCUT2D eigenvalue weighted by atomic mass is 16.5. The van der Waals surface area contributed by atoms with Crippen molar-refractivity contribution in [1.29, 1.82) is 0 Å². The number of hydrogen-bond donors (Lipinski definition) is 2. The highest BCUT2D eigenvalue weighted by Gasteiger charge is 2.17. The van der Waals surface area contributed by atoms with E-state index >= 15 is 0 Å². The van der Waals surface area contributed by atoms with Crippen molar-refractivity contribution in [2.45, 2.75) is 70.9 Å². The van der Waals surface area contributed by atoms with Gasteiger partial charge in [0.25, 0.3) is 5.91 Å². The number of ether oxygens (including phenoxy) is 1. The predicted molar refractivity (Wildman–Crippen MR) is 120 cm³/mol. The Bertz CT molecular complexity index is 863. The summed E-state index contributed by atoms with van der Waals surface area (Å²) >= 11 is 0. The van der Waals surface area contributed by atoms with E-state index in [0.29, 0.717) is 30.2 Å². The normalized spacial score (nSPS) is 14.4. The maximum Gasteiger partial charge on any atom is 0.251 e. The van der Waals surface area contributed by atoms with Crippen molar-refractivity contribution in [3.8, 4) is 5.75 Å². The molecule has 5 heteroatoms. The lowest BCUT2D eigenvalue weighted by Gasteiger charge is -2.20. The molecule has 2 aromatic carbocycles. The van der Waals surface area contributed by atoms with Gasteiger partial charge in [-0.15, -0.1) is 0 Å². The summed E-state index contributed by atoms with van der Waals surface area (Å²) in [5.41, 5.74) is 2.06. The van der Waals surface area contributed by atoms with E-state index in [2.05, 4.69) is 10.6 Å². The van der Waals surface area contributed by atoms with Crippen LogP contribution in [0.15, 0.2) is 48.5 Å². The molecule has 2 N–H and O–H groups in total. The minimum atomic E-state index is -0.288. The Morgan fingerprint density at radius 2 is 1.73 bits per heavy atom. The van der Waals surface area contributed by atoms with Gasteiger partial charge in [0.2, 0.25) is 5.91 Å². The third-order valence-corrected chi connectivity index (χ3v) is 5.06. The molecular formula is C25H32N2O3. The Balaban J connectivity index is 1.48. The molecular weight excluding hydrogens is 376 g/mol. The third kappa shape index (κ3) is 6.90. The molecule has 0 bridgehead atoms. The SMILES string of the molecule is CC(C)(C)NC(=O)c1ccc(NC(=O)CCc2cccc(OC3CCCC3)c2)cc1. The molecule has 5 nitrogen and oxygen atoms in total. The lowest BCUT2D eigenvalue weighted by molar-refractivity contribution is -0.116. The highest BCUT2D eigenvalue weighted by molar-refractivity contribution is 5.96. The molecule has 0 radical (unpaired) electrons. The van der Waals surface area contributed by atoms with Crippen LogP contribution in [0.4, 0.5) is 5.69 Å². The summed E-state index contributed by atoms with van der Waals surface area (Å²) in [6.45, 7) is 5.82. The average Bonchev–Trinajstić information content (AvgIpc) is 3.19. The van der Waals surface area contributed by atoms with Crippen LogP contribution in [0, 0.1) is 0 Å². The summed E-state index contributed by atoms with van der Waals surface area (Å²) in [5, 5.41) is 5.82. The Morgan fingerprint density at radius 1 is 1.03 bits per heavy atom.